The SMILES string of the molecule is CC(=O)OC1(C(F)(F)F)OCOC2(CC3C=CC2C3)C1(F)F. The van der Waals surface area contributed by atoms with Crippen molar-refractivity contribution >= 4 is 5.97 Å². The number of ether oxygens (including phenoxy) is 3. The van der Waals surface area contributed by atoms with Gasteiger partial charge in [-0.2, -0.15) is 22.0 Å². The van der Waals surface area contributed by atoms with Crippen LogP contribution in [0.25, 0.3) is 0 Å². The van der Waals surface area contributed by atoms with Gasteiger partial charge < -0.3 is 14.2 Å². The van der Waals surface area contributed by atoms with E-state index >= 15 is 0 Å². The van der Waals surface area contributed by atoms with E-state index in [0.717, 1.165) is 0 Å². The molecular formula is C13H13F5O4. The molecule has 0 aromatic carbocycles. The van der Waals surface area contributed by atoms with Crippen LogP contribution >= 0.6 is 0 Å². The highest BCUT2D eigenvalue weighted by Crippen LogP contribution is 2.63. The first-order chi connectivity index (χ1) is 10.1. The number of allylic oxidation sites excluding steroid dienone is 1. The minimum Gasteiger partial charge on any atom is -0.418 e. The number of hydrogen-bond acceptors (Lipinski definition) is 4. The van der Waals surface area contributed by atoms with Gasteiger partial charge in [0.25, 0.3) is 0 Å². The molecule has 3 rings (SSSR count). The summed E-state index contributed by atoms with van der Waals surface area (Å²) in [5, 5.41) is 0. The van der Waals surface area contributed by atoms with Crippen LogP contribution in [0.15, 0.2) is 12.2 Å². The maximum Gasteiger partial charge on any atom is 0.462 e. The lowest BCUT2D eigenvalue weighted by Gasteiger charge is -2.52. The fourth-order valence-electron chi connectivity index (χ4n) is 3.63. The Bertz CT molecular complexity index is 531. The Morgan fingerprint density at radius 2 is 1.95 bits per heavy atom. The highest BCUT2D eigenvalue weighted by molar-refractivity contribution is 5.66. The highest BCUT2D eigenvalue weighted by atomic mass is 19.4. The zero-order chi connectivity index (χ0) is 16.4. The van der Waals surface area contributed by atoms with Gasteiger partial charge in [0.05, 0.1) is 0 Å². The molecule has 4 atom stereocenters. The summed E-state index contributed by atoms with van der Waals surface area (Å²) in [5.74, 6) is -11.6. The Morgan fingerprint density at radius 1 is 1.27 bits per heavy atom. The zero-order valence-corrected chi connectivity index (χ0v) is 11.5. The first-order valence-electron chi connectivity index (χ1n) is 6.66. The number of esters is 1. The van der Waals surface area contributed by atoms with E-state index in [4.69, 9.17) is 4.74 Å². The molecule has 22 heavy (non-hydrogen) atoms. The van der Waals surface area contributed by atoms with E-state index in [1.54, 1.807) is 6.08 Å². The standard InChI is InChI=1S/C13H13F5O4/c1-7(19)22-12(13(16,17)18)11(14,15)10(20-6-21-12)5-8-2-3-9(10)4-8/h2-3,8-9H,4-6H2,1H3. The molecule has 3 aliphatic rings. The summed E-state index contributed by atoms with van der Waals surface area (Å²) < 4.78 is 83.2. The smallest absolute Gasteiger partial charge is 0.418 e. The van der Waals surface area contributed by atoms with Crippen molar-refractivity contribution in [1.29, 1.82) is 0 Å². The van der Waals surface area contributed by atoms with Crippen molar-refractivity contribution in [3.8, 4) is 0 Å². The van der Waals surface area contributed by atoms with Gasteiger partial charge in [-0.15, -0.1) is 0 Å². The summed E-state index contributed by atoms with van der Waals surface area (Å²) in [6.07, 6.45) is -2.48. The van der Waals surface area contributed by atoms with E-state index < -0.39 is 42.2 Å². The molecule has 1 heterocycles. The van der Waals surface area contributed by atoms with Crippen molar-refractivity contribution in [3.05, 3.63) is 12.2 Å². The third-order valence-corrected chi connectivity index (χ3v) is 4.52. The monoisotopic (exact) mass is 328 g/mol. The predicted octanol–water partition coefficient (Wildman–Crippen LogP) is 2.78. The number of carbonyl (C=O) groups is 1. The number of hydrogen-bond donors (Lipinski definition) is 0. The van der Waals surface area contributed by atoms with E-state index in [-0.39, 0.29) is 18.8 Å². The Hall–Kier alpha value is -1.22. The van der Waals surface area contributed by atoms with Crippen LogP contribution in [0.3, 0.4) is 0 Å². The van der Waals surface area contributed by atoms with Crippen LogP contribution in [0.4, 0.5) is 22.0 Å². The molecule has 0 radical (unpaired) electrons. The molecule has 4 unspecified atom stereocenters. The van der Waals surface area contributed by atoms with E-state index in [9.17, 15) is 26.7 Å². The van der Waals surface area contributed by atoms with Crippen LogP contribution in [-0.2, 0) is 19.0 Å². The van der Waals surface area contributed by atoms with Crippen LogP contribution in [0.5, 0.6) is 0 Å². The molecule has 1 saturated carbocycles. The molecule has 2 fully saturated rings. The average Bonchev–Trinajstić information content (AvgIpc) is 2.94. The number of carbonyl (C=O) groups excluding carboxylic acids is 1. The number of rotatable bonds is 1. The third-order valence-electron chi connectivity index (χ3n) is 4.52. The molecule has 0 N–H and O–H groups in total. The quantitative estimate of drug-likeness (QED) is 0.422. The van der Waals surface area contributed by atoms with Gasteiger partial charge in [-0.3, -0.25) is 4.79 Å². The largest absolute Gasteiger partial charge is 0.462 e. The summed E-state index contributed by atoms with van der Waals surface area (Å²) in [6, 6.07) is 0. The summed E-state index contributed by atoms with van der Waals surface area (Å²) in [4.78, 5) is 11.0. The van der Waals surface area contributed by atoms with Gasteiger partial charge in [-0.25, -0.2) is 0 Å². The van der Waals surface area contributed by atoms with Crippen molar-refractivity contribution in [3.63, 3.8) is 0 Å². The molecule has 9 heteroatoms. The maximum atomic E-state index is 14.9. The predicted molar refractivity (Wildman–Crippen MR) is 60.6 cm³/mol. The average molecular weight is 328 g/mol. The van der Waals surface area contributed by atoms with Crippen LogP contribution in [0.1, 0.15) is 19.8 Å². The zero-order valence-electron chi connectivity index (χ0n) is 11.5. The molecule has 2 bridgehead atoms. The second-order valence-corrected chi connectivity index (χ2v) is 5.77. The van der Waals surface area contributed by atoms with Crippen molar-refractivity contribution in [2.24, 2.45) is 11.8 Å². The van der Waals surface area contributed by atoms with Gasteiger partial charge in [0.15, 0.2) is 6.79 Å². The lowest BCUT2D eigenvalue weighted by Crippen LogP contribution is -2.75. The van der Waals surface area contributed by atoms with Crippen LogP contribution in [0, 0.1) is 11.8 Å². The third kappa shape index (κ3) is 1.72. The first kappa shape index (κ1) is 15.7. The lowest BCUT2D eigenvalue weighted by molar-refractivity contribution is -0.502. The summed E-state index contributed by atoms with van der Waals surface area (Å²) in [6.45, 7) is -0.408. The van der Waals surface area contributed by atoms with Gasteiger partial charge in [-0.05, 0) is 18.8 Å². The van der Waals surface area contributed by atoms with Gasteiger partial charge in [-0.1, -0.05) is 12.2 Å². The van der Waals surface area contributed by atoms with Gasteiger partial charge in [0.1, 0.15) is 5.60 Å². The Labute approximate surface area is 122 Å². The molecule has 4 nitrogen and oxygen atoms in total. The van der Waals surface area contributed by atoms with Crippen molar-refractivity contribution in [2.45, 2.75) is 43.3 Å². The van der Waals surface area contributed by atoms with Gasteiger partial charge >= 0.3 is 23.9 Å². The Balaban J connectivity index is 2.11. The number of fused-ring (bicyclic) bond motifs is 3. The first-order valence-corrected chi connectivity index (χ1v) is 6.66. The minimum atomic E-state index is -5.61. The van der Waals surface area contributed by atoms with Crippen molar-refractivity contribution < 1.29 is 41.0 Å². The van der Waals surface area contributed by atoms with E-state index in [0.29, 0.717) is 6.92 Å². The highest BCUT2D eigenvalue weighted by Gasteiger charge is 2.85. The van der Waals surface area contributed by atoms with E-state index in [1.165, 1.54) is 6.08 Å². The summed E-state index contributed by atoms with van der Waals surface area (Å²) in [5.41, 5.74) is -2.38. The molecular weight excluding hydrogens is 315 g/mol. The van der Waals surface area contributed by atoms with E-state index in [1.807, 2.05) is 0 Å². The molecule has 124 valence electrons. The Morgan fingerprint density at radius 3 is 2.41 bits per heavy atom. The van der Waals surface area contributed by atoms with E-state index in [2.05, 4.69) is 9.47 Å². The van der Waals surface area contributed by atoms with Crippen LogP contribution in [0.2, 0.25) is 0 Å². The molecule has 0 aromatic rings. The molecule has 1 spiro atoms. The molecule has 1 saturated heterocycles. The fourth-order valence-corrected chi connectivity index (χ4v) is 3.63. The Kier molecular flexibility index (Phi) is 3.14. The van der Waals surface area contributed by atoms with Crippen LogP contribution in [-0.4, -0.2) is 36.2 Å². The molecule has 0 aromatic heterocycles. The normalized spacial score (nSPS) is 42.8. The molecule has 0 amide bonds. The number of alkyl halides is 5. The number of halogens is 5. The second kappa shape index (κ2) is 4.41. The minimum absolute atomic E-state index is 0.274. The van der Waals surface area contributed by atoms with Gasteiger partial charge in [0, 0.05) is 12.8 Å². The summed E-state index contributed by atoms with van der Waals surface area (Å²) >= 11 is 0. The summed E-state index contributed by atoms with van der Waals surface area (Å²) in [7, 11) is 0. The lowest BCUT2D eigenvalue weighted by atomic mass is 9.77. The second-order valence-electron chi connectivity index (χ2n) is 5.77. The molecule has 2 aliphatic carbocycles. The van der Waals surface area contributed by atoms with Crippen molar-refractivity contribution in [1.82, 2.24) is 0 Å². The molecule has 1 aliphatic heterocycles. The topological polar surface area (TPSA) is 44.8 Å². The maximum absolute atomic E-state index is 14.9. The van der Waals surface area contributed by atoms with Crippen LogP contribution < -0.4 is 0 Å². The van der Waals surface area contributed by atoms with Crippen molar-refractivity contribution in [2.75, 3.05) is 6.79 Å². The fraction of sp³-hybridized carbons (Fsp3) is 0.769. The van der Waals surface area contributed by atoms with Gasteiger partial charge in [0.2, 0.25) is 0 Å².